The van der Waals surface area contributed by atoms with Gasteiger partial charge in [-0.1, -0.05) is 19.1 Å². The molecule has 0 aromatic heterocycles. The Bertz CT molecular complexity index is 1140. The second kappa shape index (κ2) is 6.89. The number of hydrogen-bond donors (Lipinski definition) is 6. The van der Waals surface area contributed by atoms with Crippen LogP contribution in [0.25, 0.3) is 5.76 Å². The van der Waals surface area contributed by atoms with Crippen LogP contribution in [0.3, 0.4) is 0 Å². The minimum absolute atomic E-state index is 0.0245. The second-order valence-corrected chi connectivity index (χ2v) is 8.79. The number of likely N-dealkylation sites (N-methyl/N-ethyl adjacent to an activating group) is 1. The van der Waals surface area contributed by atoms with Crippen LogP contribution in [0.4, 0.5) is 0 Å². The number of aliphatic hydroxyl groups is 4. The van der Waals surface area contributed by atoms with E-state index in [1.807, 2.05) is 0 Å². The van der Waals surface area contributed by atoms with Crippen molar-refractivity contribution in [3.63, 3.8) is 0 Å². The molecule has 0 saturated heterocycles. The zero-order valence-corrected chi connectivity index (χ0v) is 17.6. The maximum absolute atomic E-state index is 13.7. The first-order valence-corrected chi connectivity index (χ1v) is 10.0. The molecule has 170 valence electrons. The number of nitrogens with two attached hydrogens (primary N) is 1. The first-order chi connectivity index (χ1) is 14.9. The minimum atomic E-state index is -2.89. The number of rotatable bonds is 2. The standard InChI is InChI=1S/C22H24N2O8/c1-7-8-5-4-6-9(25)11(8)16(26)12-10(7)17(27)14-15(24(2)3)18(28)13(21(23)31)20(30)22(14,32)19(12)29/h4-7,10,14-15,17,25-27,30,32H,1-3H3,(H2,23,31)/t7-,10+,14+,15?,17-,22-/m0/s1. The number of hydrogen-bond acceptors (Lipinski definition) is 9. The third kappa shape index (κ3) is 2.48. The van der Waals surface area contributed by atoms with E-state index in [0.717, 1.165) is 0 Å². The molecule has 0 spiro atoms. The number of Topliss-reactive ketones (excluding diaryl/α,β-unsaturated/α-hetero) is 2. The Hall–Kier alpha value is -3.21. The summed E-state index contributed by atoms with van der Waals surface area (Å²) < 4.78 is 0. The van der Waals surface area contributed by atoms with Crippen molar-refractivity contribution >= 4 is 23.2 Å². The summed E-state index contributed by atoms with van der Waals surface area (Å²) >= 11 is 0. The summed E-state index contributed by atoms with van der Waals surface area (Å²) in [4.78, 5) is 40.0. The molecule has 10 nitrogen and oxygen atoms in total. The van der Waals surface area contributed by atoms with E-state index in [1.54, 1.807) is 19.1 Å². The third-order valence-corrected chi connectivity index (χ3v) is 6.99. The molecule has 0 bridgehead atoms. The van der Waals surface area contributed by atoms with Gasteiger partial charge in [0.15, 0.2) is 11.4 Å². The molecule has 3 aliphatic carbocycles. The van der Waals surface area contributed by atoms with E-state index in [0.29, 0.717) is 5.56 Å². The van der Waals surface area contributed by atoms with Crippen molar-refractivity contribution < 1.29 is 39.9 Å². The smallest absolute Gasteiger partial charge is 0.255 e. The summed E-state index contributed by atoms with van der Waals surface area (Å²) in [5, 5.41) is 54.9. The zero-order valence-electron chi connectivity index (χ0n) is 17.6. The fourth-order valence-corrected chi connectivity index (χ4v) is 5.58. The molecule has 10 heteroatoms. The van der Waals surface area contributed by atoms with Gasteiger partial charge in [0, 0.05) is 11.5 Å². The Balaban J connectivity index is 2.07. The average molecular weight is 444 g/mol. The number of carbonyl (C=O) groups excluding carboxylic acids is 3. The van der Waals surface area contributed by atoms with Crippen molar-refractivity contribution in [3.05, 3.63) is 46.2 Å². The van der Waals surface area contributed by atoms with Crippen molar-refractivity contribution in [2.45, 2.75) is 30.6 Å². The van der Waals surface area contributed by atoms with Crippen LogP contribution >= 0.6 is 0 Å². The van der Waals surface area contributed by atoms with Crippen molar-refractivity contribution in [1.29, 1.82) is 0 Å². The van der Waals surface area contributed by atoms with Gasteiger partial charge in [-0.2, -0.15) is 0 Å². The van der Waals surface area contributed by atoms with Gasteiger partial charge in [0.2, 0.25) is 5.78 Å². The molecule has 0 heterocycles. The number of primary amides is 1. The quantitative estimate of drug-likeness (QED) is 0.327. The normalized spacial score (nSPS) is 34.4. The van der Waals surface area contributed by atoms with Gasteiger partial charge in [0.1, 0.15) is 22.8 Å². The minimum Gasteiger partial charge on any atom is -0.508 e. The molecular formula is C22H24N2O8. The van der Waals surface area contributed by atoms with Crippen molar-refractivity contribution in [2.24, 2.45) is 17.6 Å². The lowest BCUT2D eigenvalue weighted by Gasteiger charge is -2.53. The topological polar surface area (TPSA) is 182 Å². The lowest BCUT2D eigenvalue weighted by Crippen LogP contribution is -2.70. The molecule has 0 radical (unpaired) electrons. The predicted molar refractivity (Wildman–Crippen MR) is 110 cm³/mol. The first-order valence-electron chi connectivity index (χ1n) is 10.0. The first kappa shape index (κ1) is 22.0. The van der Waals surface area contributed by atoms with Gasteiger partial charge in [-0.25, -0.2) is 0 Å². The predicted octanol–water partition coefficient (Wildman–Crippen LogP) is -0.504. The van der Waals surface area contributed by atoms with E-state index < -0.39 is 75.6 Å². The molecule has 4 rings (SSSR count). The SMILES string of the molecule is C[C@H]1c2cccc(O)c2C(O)=C2C(=O)[C@]3(O)C(O)=C(C(N)=O)C(=O)C(N(C)C)[C@@H]3[C@@H](O)[C@@H]21. The number of amides is 1. The molecular weight excluding hydrogens is 420 g/mol. The Kier molecular flexibility index (Phi) is 4.74. The molecule has 6 atom stereocenters. The summed E-state index contributed by atoms with van der Waals surface area (Å²) in [6, 6.07) is 3.13. The summed E-state index contributed by atoms with van der Waals surface area (Å²) in [5.41, 5.74) is 1.47. The van der Waals surface area contributed by atoms with E-state index in [2.05, 4.69) is 0 Å². The number of fused-ring (bicyclic) bond motifs is 3. The Morgan fingerprint density at radius 3 is 2.34 bits per heavy atom. The van der Waals surface area contributed by atoms with Crippen LogP contribution in [0.5, 0.6) is 5.75 Å². The number of carbonyl (C=O) groups is 3. The largest absolute Gasteiger partial charge is 0.508 e. The highest BCUT2D eigenvalue weighted by atomic mass is 16.4. The molecule has 7 N–H and O–H groups in total. The van der Waals surface area contributed by atoms with Gasteiger partial charge in [0.05, 0.1) is 23.6 Å². The van der Waals surface area contributed by atoms with Crippen LogP contribution in [0.2, 0.25) is 0 Å². The number of phenols is 1. The van der Waals surface area contributed by atoms with Crippen LogP contribution in [0.1, 0.15) is 24.0 Å². The van der Waals surface area contributed by atoms with Crippen LogP contribution in [-0.4, -0.2) is 79.7 Å². The van der Waals surface area contributed by atoms with Gasteiger partial charge < -0.3 is 31.3 Å². The zero-order chi connectivity index (χ0) is 23.9. The van der Waals surface area contributed by atoms with Crippen LogP contribution in [-0.2, 0) is 14.4 Å². The summed E-state index contributed by atoms with van der Waals surface area (Å²) in [5.74, 6) is -8.87. The molecule has 3 aliphatic rings. The molecule has 1 aromatic carbocycles. The van der Waals surface area contributed by atoms with E-state index in [1.165, 1.54) is 25.1 Å². The van der Waals surface area contributed by atoms with E-state index in [4.69, 9.17) is 5.73 Å². The molecule has 1 fully saturated rings. The highest BCUT2D eigenvalue weighted by Gasteiger charge is 2.68. The molecule has 1 aromatic rings. The number of nitrogens with zero attached hydrogens (tertiary/aromatic N) is 1. The monoisotopic (exact) mass is 444 g/mol. The number of aromatic hydroxyl groups is 1. The summed E-state index contributed by atoms with van der Waals surface area (Å²) in [7, 11) is 2.92. The van der Waals surface area contributed by atoms with E-state index >= 15 is 0 Å². The summed E-state index contributed by atoms with van der Waals surface area (Å²) in [6.45, 7) is 1.68. The number of benzene rings is 1. The van der Waals surface area contributed by atoms with Gasteiger partial charge in [-0.05, 0) is 31.6 Å². The van der Waals surface area contributed by atoms with E-state index in [-0.39, 0.29) is 11.3 Å². The summed E-state index contributed by atoms with van der Waals surface area (Å²) in [6.07, 6.45) is -1.59. The Morgan fingerprint density at radius 2 is 1.78 bits per heavy atom. The lowest BCUT2D eigenvalue weighted by atomic mass is 9.54. The highest BCUT2D eigenvalue weighted by molar-refractivity contribution is 6.24. The Labute approximate surface area is 182 Å². The molecule has 1 saturated carbocycles. The Morgan fingerprint density at radius 1 is 1.16 bits per heavy atom. The molecule has 32 heavy (non-hydrogen) atoms. The molecule has 0 aliphatic heterocycles. The maximum Gasteiger partial charge on any atom is 0.255 e. The van der Waals surface area contributed by atoms with Crippen molar-refractivity contribution in [1.82, 2.24) is 4.90 Å². The van der Waals surface area contributed by atoms with Gasteiger partial charge in [0.25, 0.3) is 5.91 Å². The second-order valence-electron chi connectivity index (χ2n) is 8.79. The van der Waals surface area contributed by atoms with Crippen molar-refractivity contribution in [2.75, 3.05) is 14.1 Å². The van der Waals surface area contributed by atoms with Crippen LogP contribution in [0.15, 0.2) is 35.1 Å². The van der Waals surface area contributed by atoms with Gasteiger partial charge in [-0.3, -0.25) is 19.3 Å². The van der Waals surface area contributed by atoms with Gasteiger partial charge >= 0.3 is 0 Å². The van der Waals surface area contributed by atoms with Crippen LogP contribution < -0.4 is 5.73 Å². The highest BCUT2D eigenvalue weighted by Crippen LogP contribution is 2.55. The number of ketones is 2. The fourth-order valence-electron chi connectivity index (χ4n) is 5.58. The lowest BCUT2D eigenvalue weighted by molar-refractivity contribution is -0.169. The number of aliphatic hydroxyl groups excluding tert-OH is 3. The van der Waals surface area contributed by atoms with Gasteiger partial charge in [-0.15, -0.1) is 0 Å². The molecule has 1 unspecified atom stereocenters. The number of phenolic OH excluding ortho intramolecular Hbond substituents is 1. The van der Waals surface area contributed by atoms with Crippen molar-refractivity contribution in [3.8, 4) is 5.75 Å². The fraction of sp³-hybridized carbons (Fsp3) is 0.409. The average Bonchev–Trinajstić information content (AvgIpc) is 2.70. The maximum atomic E-state index is 13.7. The third-order valence-electron chi connectivity index (χ3n) is 6.99. The van der Waals surface area contributed by atoms with E-state index in [9.17, 15) is 39.9 Å². The molecule has 1 amide bonds. The van der Waals surface area contributed by atoms with Crippen LogP contribution in [0, 0.1) is 11.8 Å².